The molecule has 2 aromatic heterocycles. The number of piperidine rings is 1. The summed E-state index contributed by atoms with van der Waals surface area (Å²) in [5, 5.41) is 4.61. The molecule has 1 fully saturated rings. The van der Waals surface area contributed by atoms with E-state index in [2.05, 4.69) is 61.1 Å². The minimum absolute atomic E-state index is 0.0235. The van der Waals surface area contributed by atoms with Crippen LogP contribution in [0.4, 0.5) is 10.6 Å². The lowest BCUT2D eigenvalue weighted by Crippen LogP contribution is -2.57. The number of H-pyrrole nitrogens is 1. The topological polar surface area (TPSA) is 92.4 Å². The summed E-state index contributed by atoms with van der Waals surface area (Å²) in [6, 6.07) is 11.5. The number of hydrogen-bond donors (Lipinski definition) is 2. The van der Waals surface area contributed by atoms with Gasteiger partial charge in [-0.2, -0.15) is 4.98 Å². The van der Waals surface area contributed by atoms with Crippen LogP contribution in [0.2, 0.25) is 23.4 Å². The second kappa shape index (κ2) is 11.0. The number of nitrogens with zero attached hydrogens (tertiary/aromatic N) is 3. The SMILES string of the molecule is C[C@@H](O[Si](C)(C)C(C)(C)C)[C@H]1CC[C@H](Nc2nc(Cl)nc3[nH]ccc23)CN1C(=O)OCc1ccccc1. The van der Waals surface area contributed by atoms with Crippen molar-refractivity contribution in [1.82, 2.24) is 19.9 Å². The Balaban J connectivity index is 1.53. The van der Waals surface area contributed by atoms with Crippen LogP contribution in [0.25, 0.3) is 11.0 Å². The van der Waals surface area contributed by atoms with Crippen molar-refractivity contribution in [1.29, 1.82) is 0 Å². The fourth-order valence-corrected chi connectivity index (χ4v) is 6.16. The van der Waals surface area contributed by atoms with Gasteiger partial charge in [0.05, 0.1) is 17.5 Å². The number of aromatic nitrogens is 3. The maximum absolute atomic E-state index is 13.5. The Morgan fingerprint density at radius 1 is 1.22 bits per heavy atom. The summed E-state index contributed by atoms with van der Waals surface area (Å²) in [4.78, 5) is 27.0. The molecule has 1 amide bonds. The third-order valence-corrected chi connectivity index (χ3v) is 12.4. The van der Waals surface area contributed by atoms with Crippen molar-refractivity contribution < 1.29 is 14.0 Å². The molecule has 1 aliphatic rings. The number of fused-ring (bicyclic) bond motifs is 1. The van der Waals surface area contributed by atoms with E-state index in [0.29, 0.717) is 18.0 Å². The molecule has 0 bridgehead atoms. The second-order valence-corrected chi connectivity index (χ2v) is 16.4. The highest BCUT2D eigenvalue weighted by Gasteiger charge is 2.43. The van der Waals surface area contributed by atoms with Gasteiger partial charge in [0.1, 0.15) is 18.1 Å². The number of nitrogens with one attached hydrogen (secondary N) is 2. The number of aromatic amines is 1. The third kappa shape index (κ3) is 6.45. The van der Waals surface area contributed by atoms with Gasteiger partial charge in [-0.05, 0) is 61.1 Å². The van der Waals surface area contributed by atoms with Crippen molar-refractivity contribution >= 4 is 42.9 Å². The molecular weight excluding hydrogens is 506 g/mol. The van der Waals surface area contributed by atoms with Gasteiger partial charge in [-0.1, -0.05) is 51.1 Å². The first-order valence-electron chi connectivity index (χ1n) is 12.9. The number of carbonyl (C=O) groups is 1. The number of benzene rings is 1. The number of anilines is 1. The second-order valence-electron chi connectivity index (χ2n) is 11.3. The first-order valence-corrected chi connectivity index (χ1v) is 16.2. The lowest BCUT2D eigenvalue weighted by Gasteiger charge is -2.45. The molecule has 0 aliphatic carbocycles. The van der Waals surface area contributed by atoms with Crippen molar-refractivity contribution in [2.75, 3.05) is 11.9 Å². The predicted octanol–water partition coefficient (Wildman–Crippen LogP) is 6.60. The number of hydrogen-bond acceptors (Lipinski definition) is 6. The van der Waals surface area contributed by atoms with Crippen LogP contribution >= 0.6 is 11.6 Å². The first-order chi connectivity index (χ1) is 17.4. The summed E-state index contributed by atoms with van der Waals surface area (Å²) in [5.41, 5.74) is 1.63. The number of halogens is 1. The summed E-state index contributed by atoms with van der Waals surface area (Å²) < 4.78 is 12.5. The van der Waals surface area contributed by atoms with Crippen molar-refractivity contribution in [3.05, 3.63) is 53.4 Å². The van der Waals surface area contributed by atoms with Crippen LogP contribution in [0.3, 0.4) is 0 Å². The van der Waals surface area contributed by atoms with Gasteiger partial charge < -0.3 is 24.4 Å². The molecule has 37 heavy (non-hydrogen) atoms. The van der Waals surface area contributed by atoms with E-state index in [0.717, 1.165) is 23.8 Å². The minimum atomic E-state index is -2.02. The Hall–Kier alpha value is -2.62. The van der Waals surface area contributed by atoms with E-state index in [1.165, 1.54) is 0 Å². The maximum atomic E-state index is 13.5. The van der Waals surface area contributed by atoms with Gasteiger partial charge in [0, 0.05) is 18.8 Å². The standard InChI is InChI=1S/C27H38ClN5O3Si/c1-18(36-37(5,6)27(2,3)4)22-13-12-20(30-24-21-14-15-29-23(21)31-25(28)32-24)16-33(22)26(34)35-17-19-10-8-7-9-11-19/h7-11,14-15,18,20,22H,12-13,16-17H2,1-6H3,(H2,29,30,31,32)/t18-,20+,22-/m1/s1. The molecule has 1 aromatic carbocycles. The zero-order valence-electron chi connectivity index (χ0n) is 22.5. The van der Waals surface area contributed by atoms with Crippen LogP contribution in [-0.2, 0) is 15.8 Å². The summed E-state index contributed by atoms with van der Waals surface area (Å²) in [6.07, 6.45) is 2.99. The summed E-state index contributed by atoms with van der Waals surface area (Å²) in [7, 11) is -2.02. The van der Waals surface area contributed by atoms with E-state index in [4.69, 9.17) is 20.8 Å². The lowest BCUT2D eigenvalue weighted by atomic mass is 9.95. The smallest absolute Gasteiger partial charge is 0.410 e. The minimum Gasteiger partial charge on any atom is -0.445 e. The van der Waals surface area contributed by atoms with Crippen molar-refractivity contribution in [3.8, 4) is 0 Å². The molecule has 2 N–H and O–H groups in total. The van der Waals surface area contributed by atoms with Gasteiger partial charge in [0.25, 0.3) is 0 Å². The molecule has 3 atom stereocenters. The van der Waals surface area contributed by atoms with Crippen molar-refractivity contribution in [2.45, 2.75) is 83.5 Å². The largest absolute Gasteiger partial charge is 0.445 e. The third-order valence-electron chi connectivity index (χ3n) is 7.63. The molecule has 4 rings (SSSR count). The van der Waals surface area contributed by atoms with Gasteiger partial charge in [-0.15, -0.1) is 0 Å². The van der Waals surface area contributed by atoms with E-state index in [1.54, 1.807) is 0 Å². The van der Waals surface area contributed by atoms with Crippen LogP contribution in [0, 0.1) is 0 Å². The highest BCUT2D eigenvalue weighted by atomic mass is 35.5. The first kappa shape index (κ1) is 27.4. The van der Waals surface area contributed by atoms with Gasteiger partial charge in [0.15, 0.2) is 8.32 Å². The van der Waals surface area contributed by atoms with Crippen molar-refractivity contribution in [3.63, 3.8) is 0 Å². The van der Waals surface area contributed by atoms with Gasteiger partial charge in [-0.3, -0.25) is 0 Å². The Morgan fingerprint density at radius 2 is 1.95 bits per heavy atom. The molecule has 0 unspecified atom stereocenters. The molecule has 3 heterocycles. The fourth-order valence-electron chi connectivity index (χ4n) is 4.55. The van der Waals surface area contributed by atoms with Crippen LogP contribution in [0.5, 0.6) is 0 Å². The highest BCUT2D eigenvalue weighted by Crippen LogP contribution is 2.39. The monoisotopic (exact) mass is 543 g/mol. The normalized spacial score (nSPS) is 19.6. The van der Waals surface area contributed by atoms with Crippen LogP contribution in [0.1, 0.15) is 46.1 Å². The Morgan fingerprint density at radius 3 is 2.65 bits per heavy atom. The quantitative estimate of drug-likeness (QED) is 0.257. The average Bonchev–Trinajstić information content (AvgIpc) is 3.31. The van der Waals surface area contributed by atoms with E-state index in [1.807, 2.05) is 47.5 Å². The molecule has 1 aliphatic heterocycles. The molecule has 1 saturated heterocycles. The van der Waals surface area contributed by atoms with Crippen LogP contribution in [0.15, 0.2) is 42.6 Å². The predicted molar refractivity (Wildman–Crippen MR) is 150 cm³/mol. The number of likely N-dealkylation sites (tertiary alicyclic amines) is 1. The molecule has 0 spiro atoms. The molecule has 0 saturated carbocycles. The van der Waals surface area contributed by atoms with E-state index >= 15 is 0 Å². The molecule has 10 heteroatoms. The Kier molecular flexibility index (Phi) is 8.16. The Bertz CT molecular complexity index is 1210. The van der Waals surface area contributed by atoms with Crippen molar-refractivity contribution in [2.24, 2.45) is 0 Å². The van der Waals surface area contributed by atoms with E-state index in [-0.39, 0.29) is 41.2 Å². The number of amides is 1. The maximum Gasteiger partial charge on any atom is 0.410 e. The van der Waals surface area contributed by atoms with Crippen LogP contribution in [-0.4, -0.2) is 59.0 Å². The molecule has 200 valence electrons. The molecular formula is C27H38ClN5O3Si. The molecule has 8 nitrogen and oxygen atoms in total. The zero-order valence-corrected chi connectivity index (χ0v) is 24.3. The summed E-state index contributed by atoms with van der Waals surface area (Å²) >= 11 is 6.16. The summed E-state index contributed by atoms with van der Waals surface area (Å²) in [6.45, 7) is 14.0. The van der Waals surface area contributed by atoms with E-state index < -0.39 is 8.32 Å². The van der Waals surface area contributed by atoms with Gasteiger partial charge >= 0.3 is 6.09 Å². The Labute approximate surface area is 225 Å². The van der Waals surface area contributed by atoms with Crippen LogP contribution < -0.4 is 5.32 Å². The number of carbonyl (C=O) groups excluding carboxylic acids is 1. The number of ether oxygens (including phenoxy) is 1. The molecule has 0 radical (unpaired) electrons. The summed E-state index contributed by atoms with van der Waals surface area (Å²) in [5.74, 6) is 0.655. The molecule has 3 aromatic rings. The lowest BCUT2D eigenvalue weighted by molar-refractivity contribution is 0.0228. The van der Waals surface area contributed by atoms with Gasteiger partial charge in [0.2, 0.25) is 5.28 Å². The van der Waals surface area contributed by atoms with E-state index in [9.17, 15) is 4.79 Å². The average molecular weight is 544 g/mol. The highest BCUT2D eigenvalue weighted by molar-refractivity contribution is 6.74. The fraction of sp³-hybridized carbons (Fsp3) is 0.519. The number of rotatable bonds is 7. The van der Waals surface area contributed by atoms with Gasteiger partial charge in [-0.25, -0.2) is 9.78 Å². The zero-order chi connectivity index (χ0) is 26.8.